The Bertz CT molecular complexity index is 1460. The Morgan fingerprint density at radius 1 is 0.743 bits per heavy atom. The molecule has 2 aromatic heterocycles. The van der Waals surface area contributed by atoms with E-state index in [0.29, 0.717) is 0 Å². The molecule has 0 saturated carbocycles. The number of para-hydroxylation sites is 2. The highest BCUT2D eigenvalue weighted by Crippen LogP contribution is 2.40. The zero-order chi connectivity index (χ0) is 23.6. The predicted octanol–water partition coefficient (Wildman–Crippen LogP) is 7.05. The van der Waals surface area contributed by atoms with E-state index in [-0.39, 0.29) is 6.04 Å². The summed E-state index contributed by atoms with van der Waals surface area (Å²) >= 11 is 3.54. The molecule has 170 valence electrons. The molecule has 0 aliphatic carbocycles. The lowest BCUT2D eigenvalue weighted by molar-refractivity contribution is 0.709. The zero-order valence-electron chi connectivity index (χ0n) is 18.9. The molecule has 0 radical (unpaired) electrons. The Labute approximate surface area is 212 Å². The van der Waals surface area contributed by atoms with Crippen LogP contribution in [0.4, 0.5) is 5.69 Å². The first kappa shape index (κ1) is 21.5. The average molecular weight is 520 g/mol. The molecule has 5 aromatic rings. The molecular formula is C29H22BrN5. The van der Waals surface area contributed by atoms with Gasteiger partial charge in [-0.1, -0.05) is 64.5 Å². The van der Waals surface area contributed by atoms with E-state index in [1.54, 1.807) is 6.20 Å². The molecule has 3 heterocycles. The van der Waals surface area contributed by atoms with E-state index in [1.165, 1.54) is 0 Å². The molecule has 3 aromatic carbocycles. The van der Waals surface area contributed by atoms with Crippen LogP contribution in [0.25, 0.3) is 16.9 Å². The van der Waals surface area contributed by atoms with Gasteiger partial charge in [0.15, 0.2) is 0 Å². The first-order valence-electron chi connectivity index (χ1n) is 11.5. The van der Waals surface area contributed by atoms with Gasteiger partial charge in [0.05, 0.1) is 28.8 Å². The summed E-state index contributed by atoms with van der Waals surface area (Å²) in [6, 6.07) is 32.9. The smallest absolute Gasteiger partial charge is 0.0996 e. The lowest BCUT2D eigenvalue weighted by Crippen LogP contribution is -2.18. The number of rotatable bonds is 5. The first-order valence-corrected chi connectivity index (χ1v) is 12.3. The molecule has 0 fully saturated rings. The van der Waals surface area contributed by atoms with Crippen LogP contribution < -0.4 is 5.01 Å². The third-order valence-corrected chi connectivity index (χ3v) is 6.69. The summed E-state index contributed by atoms with van der Waals surface area (Å²) in [6.07, 6.45) is 6.57. The van der Waals surface area contributed by atoms with E-state index in [0.717, 1.165) is 50.4 Å². The van der Waals surface area contributed by atoms with Crippen molar-refractivity contribution in [2.45, 2.75) is 12.5 Å². The van der Waals surface area contributed by atoms with Crippen molar-refractivity contribution in [1.29, 1.82) is 0 Å². The fraction of sp³-hybridized carbons (Fsp3) is 0.0690. The van der Waals surface area contributed by atoms with Gasteiger partial charge in [-0.3, -0.25) is 9.99 Å². The minimum atomic E-state index is -0.0104. The lowest BCUT2D eigenvalue weighted by Gasteiger charge is -2.23. The number of hydrogen-bond donors (Lipinski definition) is 0. The molecule has 0 bridgehead atoms. The lowest BCUT2D eigenvalue weighted by atomic mass is 9.96. The molecule has 0 unspecified atom stereocenters. The topological polar surface area (TPSA) is 46.3 Å². The maximum Gasteiger partial charge on any atom is 0.0996 e. The summed E-state index contributed by atoms with van der Waals surface area (Å²) < 4.78 is 3.01. The normalized spacial score (nSPS) is 15.3. The van der Waals surface area contributed by atoms with E-state index in [2.05, 4.69) is 98.8 Å². The van der Waals surface area contributed by atoms with Crippen LogP contribution in [0.3, 0.4) is 0 Å². The highest BCUT2D eigenvalue weighted by atomic mass is 79.9. The summed E-state index contributed by atoms with van der Waals surface area (Å²) in [5.74, 6) is 0. The maximum atomic E-state index is 5.11. The average Bonchev–Trinajstić information content (AvgIpc) is 3.56. The van der Waals surface area contributed by atoms with E-state index in [1.807, 2.05) is 41.2 Å². The van der Waals surface area contributed by atoms with E-state index >= 15 is 0 Å². The molecule has 5 nitrogen and oxygen atoms in total. The highest BCUT2D eigenvalue weighted by molar-refractivity contribution is 9.10. The summed E-state index contributed by atoms with van der Waals surface area (Å²) in [4.78, 5) is 4.36. The highest BCUT2D eigenvalue weighted by Gasteiger charge is 2.33. The Kier molecular flexibility index (Phi) is 5.72. The Hall–Kier alpha value is -4.03. The number of nitrogens with zero attached hydrogens (tertiary/aromatic N) is 5. The molecule has 0 saturated heterocycles. The van der Waals surface area contributed by atoms with Crippen molar-refractivity contribution in [3.05, 3.63) is 131 Å². The maximum absolute atomic E-state index is 5.11. The molecule has 35 heavy (non-hydrogen) atoms. The molecule has 1 atom stereocenters. The van der Waals surface area contributed by atoms with Crippen molar-refractivity contribution in [2.75, 3.05) is 5.01 Å². The van der Waals surface area contributed by atoms with Crippen LogP contribution in [0.15, 0.2) is 125 Å². The van der Waals surface area contributed by atoms with Gasteiger partial charge in [-0.15, -0.1) is 0 Å². The molecule has 6 rings (SSSR count). The summed E-state index contributed by atoms with van der Waals surface area (Å²) in [7, 11) is 0. The minimum Gasteiger partial charge on any atom is -0.264 e. The van der Waals surface area contributed by atoms with Crippen LogP contribution in [0.5, 0.6) is 0 Å². The predicted molar refractivity (Wildman–Crippen MR) is 144 cm³/mol. The van der Waals surface area contributed by atoms with Gasteiger partial charge in [0.25, 0.3) is 0 Å². The summed E-state index contributed by atoms with van der Waals surface area (Å²) in [5, 5.41) is 12.3. The molecule has 1 aliphatic rings. The molecule has 6 heteroatoms. The number of pyridine rings is 1. The number of halogens is 1. The fourth-order valence-electron chi connectivity index (χ4n) is 4.46. The van der Waals surface area contributed by atoms with Gasteiger partial charge >= 0.3 is 0 Å². The molecular weight excluding hydrogens is 498 g/mol. The van der Waals surface area contributed by atoms with Gasteiger partial charge in [-0.25, -0.2) is 4.68 Å². The van der Waals surface area contributed by atoms with Gasteiger partial charge in [-0.2, -0.15) is 10.2 Å². The van der Waals surface area contributed by atoms with Gasteiger partial charge in [0.1, 0.15) is 0 Å². The largest absolute Gasteiger partial charge is 0.264 e. The quantitative estimate of drug-likeness (QED) is 0.250. The van der Waals surface area contributed by atoms with Crippen molar-refractivity contribution in [3.8, 4) is 16.9 Å². The van der Waals surface area contributed by atoms with Crippen molar-refractivity contribution < 1.29 is 0 Å². The minimum absolute atomic E-state index is 0.0104. The second-order valence-corrected chi connectivity index (χ2v) is 9.32. The molecule has 0 amide bonds. The van der Waals surface area contributed by atoms with Crippen LogP contribution >= 0.6 is 15.9 Å². The van der Waals surface area contributed by atoms with Crippen LogP contribution in [-0.2, 0) is 0 Å². The van der Waals surface area contributed by atoms with Crippen LogP contribution in [0.1, 0.15) is 23.6 Å². The van der Waals surface area contributed by atoms with E-state index in [9.17, 15) is 0 Å². The van der Waals surface area contributed by atoms with Gasteiger partial charge in [0.2, 0.25) is 0 Å². The number of benzene rings is 3. The number of anilines is 1. The molecule has 0 spiro atoms. The zero-order valence-corrected chi connectivity index (χ0v) is 20.5. The Balaban J connectivity index is 1.49. The Morgan fingerprint density at radius 2 is 1.46 bits per heavy atom. The Morgan fingerprint density at radius 3 is 2.14 bits per heavy atom. The van der Waals surface area contributed by atoms with Crippen molar-refractivity contribution in [3.63, 3.8) is 0 Å². The van der Waals surface area contributed by atoms with Crippen LogP contribution in [0.2, 0.25) is 0 Å². The number of hydrazone groups is 1. The van der Waals surface area contributed by atoms with Gasteiger partial charge in [0, 0.05) is 40.6 Å². The van der Waals surface area contributed by atoms with Crippen LogP contribution in [-0.4, -0.2) is 20.5 Å². The van der Waals surface area contributed by atoms with Crippen molar-refractivity contribution in [2.24, 2.45) is 5.10 Å². The van der Waals surface area contributed by atoms with Crippen molar-refractivity contribution >= 4 is 27.3 Å². The fourth-order valence-corrected chi connectivity index (χ4v) is 4.72. The van der Waals surface area contributed by atoms with E-state index in [4.69, 9.17) is 10.2 Å². The number of aromatic nitrogens is 3. The first-order chi connectivity index (χ1) is 17.3. The van der Waals surface area contributed by atoms with Crippen molar-refractivity contribution in [1.82, 2.24) is 14.8 Å². The third kappa shape index (κ3) is 4.29. The standard InChI is InChI=1S/C29H22BrN5/c30-23-15-13-21(14-16-23)27-18-28(35(32-27)25-11-5-2-6-12-25)26-20-34(24-9-3-1-4-10-24)33-29(26)22-8-7-17-31-19-22/h1-17,19-20,28H,18H2/t28-/m0/s1. The second-order valence-electron chi connectivity index (χ2n) is 8.41. The van der Waals surface area contributed by atoms with Gasteiger partial charge in [-0.05, 0) is 54.1 Å². The van der Waals surface area contributed by atoms with Crippen LogP contribution in [0, 0.1) is 0 Å². The second kappa shape index (κ2) is 9.31. The SMILES string of the molecule is Brc1ccc(C2=NN(c3ccccc3)[C@H](c3cn(-c4ccccc4)nc3-c3cccnc3)C2)cc1. The molecule has 0 N–H and O–H groups in total. The molecule has 1 aliphatic heterocycles. The third-order valence-electron chi connectivity index (χ3n) is 6.17. The monoisotopic (exact) mass is 519 g/mol. The van der Waals surface area contributed by atoms with E-state index < -0.39 is 0 Å². The van der Waals surface area contributed by atoms with Gasteiger partial charge < -0.3 is 0 Å². The summed E-state index contributed by atoms with van der Waals surface area (Å²) in [5.41, 5.74) is 7.26. The summed E-state index contributed by atoms with van der Waals surface area (Å²) in [6.45, 7) is 0. The number of hydrogen-bond acceptors (Lipinski definition) is 4.